The number of nitrogens with one attached hydrogen (secondary N) is 1. The Balaban J connectivity index is 2.04. The molecule has 0 unspecified atom stereocenters. The van der Waals surface area contributed by atoms with Gasteiger partial charge in [-0.05, 0) is 49.6 Å². The maximum absolute atomic E-state index is 12.0. The van der Waals surface area contributed by atoms with E-state index in [2.05, 4.69) is 42.3 Å². The SMILES string of the molecule is N/C(=N/O)c1cccc(CNC(=O)c2cc(Br)c(Br)s2)c1. The van der Waals surface area contributed by atoms with Crippen molar-refractivity contribution in [3.8, 4) is 0 Å². The number of rotatable bonds is 4. The van der Waals surface area contributed by atoms with Gasteiger partial charge in [-0.2, -0.15) is 0 Å². The topological polar surface area (TPSA) is 87.7 Å². The molecule has 2 aromatic rings. The van der Waals surface area contributed by atoms with Crippen LogP contribution in [-0.2, 0) is 6.54 Å². The van der Waals surface area contributed by atoms with Crippen molar-refractivity contribution in [2.75, 3.05) is 0 Å². The molecule has 0 radical (unpaired) electrons. The second kappa shape index (κ2) is 7.06. The summed E-state index contributed by atoms with van der Waals surface area (Å²) in [6.45, 7) is 0.360. The van der Waals surface area contributed by atoms with Crippen molar-refractivity contribution >= 4 is 54.9 Å². The lowest BCUT2D eigenvalue weighted by Crippen LogP contribution is -2.22. The predicted octanol–water partition coefficient (Wildman–Crippen LogP) is 3.30. The highest BCUT2D eigenvalue weighted by atomic mass is 79.9. The standard InChI is InChI=1S/C13H11Br2N3O2S/c14-9-5-10(21-11(9)15)13(19)17-6-7-2-1-3-8(4-7)12(16)18-20/h1-5,20H,6H2,(H2,16,18)(H,17,19). The van der Waals surface area contributed by atoms with E-state index in [9.17, 15) is 4.79 Å². The van der Waals surface area contributed by atoms with E-state index in [1.165, 1.54) is 11.3 Å². The summed E-state index contributed by atoms with van der Waals surface area (Å²) < 4.78 is 1.73. The molecule has 0 atom stereocenters. The first kappa shape index (κ1) is 16.0. The third-order valence-corrected chi connectivity index (χ3v) is 5.91. The molecule has 5 nitrogen and oxygen atoms in total. The molecular weight excluding hydrogens is 422 g/mol. The fourth-order valence-corrected chi connectivity index (χ4v) is 3.58. The number of oxime groups is 1. The number of amidine groups is 1. The molecule has 2 rings (SSSR count). The third kappa shape index (κ3) is 4.05. The van der Waals surface area contributed by atoms with Gasteiger partial charge in [0.1, 0.15) is 0 Å². The van der Waals surface area contributed by atoms with Crippen LogP contribution in [0, 0.1) is 0 Å². The Bertz CT molecular complexity index is 681. The van der Waals surface area contributed by atoms with Crippen molar-refractivity contribution in [3.63, 3.8) is 0 Å². The molecule has 0 bridgehead atoms. The van der Waals surface area contributed by atoms with Gasteiger partial charge in [0, 0.05) is 16.6 Å². The second-order valence-corrected chi connectivity index (χ2v) is 7.33. The monoisotopic (exact) mass is 431 g/mol. The van der Waals surface area contributed by atoms with E-state index in [0.29, 0.717) is 17.0 Å². The molecule has 0 aliphatic carbocycles. The number of amides is 1. The number of hydrogen-bond donors (Lipinski definition) is 3. The summed E-state index contributed by atoms with van der Waals surface area (Å²) in [5, 5.41) is 14.4. The lowest BCUT2D eigenvalue weighted by molar-refractivity contribution is 0.0955. The lowest BCUT2D eigenvalue weighted by atomic mass is 10.1. The molecule has 1 aromatic heterocycles. The number of halogens is 2. The van der Waals surface area contributed by atoms with Gasteiger partial charge in [-0.25, -0.2) is 0 Å². The van der Waals surface area contributed by atoms with E-state index < -0.39 is 0 Å². The van der Waals surface area contributed by atoms with Crippen molar-refractivity contribution in [2.45, 2.75) is 6.54 Å². The highest BCUT2D eigenvalue weighted by Crippen LogP contribution is 2.32. The van der Waals surface area contributed by atoms with E-state index in [-0.39, 0.29) is 11.7 Å². The van der Waals surface area contributed by atoms with Crippen molar-refractivity contribution in [2.24, 2.45) is 10.9 Å². The number of benzene rings is 1. The van der Waals surface area contributed by atoms with Crippen LogP contribution in [0.5, 0.6) is 0 Å². The third-order valence-electron chi connectivity index (χ3n) is 2.65. The van der Waals surface area contributed by atoms with Gasteiger partial charge in [0.15, 0.2) is 5.84 Å². The Hall–Kier alpha value is -1.38. The van der Waals surface area contributed by atoms with Crippen LogP contribution in [0.3, 0.4) is 0 Å². The van der Waals surface area contributed by atoms with Crippen LogP contribution in [0.2, 0.25) is 0 Å². The zero-order chi connectivity index (χ0) is 15.4. The summed E-state index contributed by atoms with van der Waals surface area (Å²) in [5.74, 6) is -0.116. The molecule has 0 saturated carbocycles. The first-order valence-electron chi connectivity index (χ1n) is 5.81. The van der Waals surface area contributed by atoms with Gasteiger partial charge in [0.05, 0.1) is 8.66 Å². The maximum Gasteiger partial charge on any atom is 0.261 e. The minimum Gasteiger partial charge on any atom is -0.409 e. The van der Waals surface area contributed by atoms with Crippen molar-refractivity contribution in [1.82, 2.24) is 5.32 Å². The molecule has 110 valence electrons. The Labute approximate surface area is 142 Å². The maximum atomic E-state index is 12.0. The molecule has 0 saturated heterocycles. The molecule has 4 N–H and O–H groups in total. The van der Waals surface area contributed by atoms with Crippen LogP contribution in [0.15, 0.2) is 43.7 Å². The van der Waals surface area contributed by atoms with Gasteiger partial charge in [-0.1, -0.05) is 23.4 Å². The largest absolute Gasteiger partial charge is 0.409 e. The fourth-order valence-electron chi connectivity index (χ4n) is 1.63. The smallest absolute Gasteiger partial charge is 0.261 e. The fraction of sp³-hybridized carbons (Fsp3) is 0.0769. The highest BCUT2D eigenvalue weighted by Gasteiger charge is 2.11. The Kier molecular flexibility index (Phi) is 5.38. The van der Waals surface area contributed by atoms with E-state index in [0.717, 1.165) is 13.8 Å². The Morgan fingerprint density at radius 3 is 2.76 bits per heavy atom. The highest BCUT2D eigenvalue weighted by molar-refractivity contribution is 9.13. The van der Waals surface area contributed by atoms with Crippen molar-refractivity contribution < 1.29 is 10.0 Å². The molecule has 1 heterocycles. The minimum atomic E-state index is -0.152. The van der Waals surface area contributed by atoms with Crippen molar-refractivity contribution in [1.29, 1.82) is 0 Å². The Morgan fingerprint density at radius 2 is 2.14 bits per heavy atom. The zero-order valence-corrected chi connectivity index (χ0v) is 14.6. The molecule has 0 spiro atoms. The first-order chi connectivity index (χ1) is 10.0. The molecule has 1 amide bonds. The molecular formula is C13H11Br2N3O2S. The minimum absolute atomic E-state index is 0.0364. The molecule has 0 fully saturated rings. The van der Waals surface area contributed by atoms with Gasteiger partial charge in [-0.3, -0.25) is 4.79 Å². The predicted molar refractivity (Wildman–Crippen MR) is 89.8 cm³/mol. The summed E-state index contributed by atoms with van der Waals surface area (Å²) in [6, 6.07) is 8.89. The van der Waals surface area contributed by atoms with Gasteiger partial charge < -0.3 is 16.3 Å². The van der Waals surface area contributed by atoms with Gasteiger partial charge in [-0.15, -0.1) is 11.3 Å². The van der Waals surface area contributed by atoms with E-state index >= 15 is 0 Å². The molecule has 1 aromatic carbocycles. The number of carbonyl (C=O) groups excluding carboxylic acids is 1. The van der Waals surface area contributed by atoms with E-state index in [1.54, 1.807) is 24.3 Å². The molecule has 0 aliphatic rings. The zero-order valence-electron chi connectivity index (χ0n) is 10.6. The average molecular weight is 433 g/mol. The summed E-state index contributed by atoms with van der Waals surface area (Å²) in [5.41, 5.74) is 7.00. The summed E-state index contributed by atoms with van der Waals surface area (Å²) in [4.78, 5) is 12.6. The van der Waals surface area contributed by atoms with Crippen LogP contribution >= 0.6 is 43.2 Å². The molecule has 21 heavy (non-hydrogen) atoms. The molecule has 8 heteroatoms. The number of hydrogen-bond acceptors (Lipinski definition) is 4. The average Bonchev–Trinajstić information content (AvgIpc) is 2.84. The summed E-state index contributed by atoms with van der Waals surface area (Å²) in [7, 11) is 0. The number of nitrogens with two attached hydrogens (primary N) is 1. The van der Waals surface area contributed by atoms with Crippen LogP contribution in [0.1, 0.15) is 20.8 Å². The normalized spacial score (nSPS) is 11.4. The van der Waals surface area contributed by atoms with Gasteiger partial charge in [0.2, 0.25) is 0 Å². The van der Waals surface area contributed by atoms with Crippen molar-refractivity contribution in [3.05, 3.63) is 54.6 Å². The van der Waals surface area contributed by atoms with Crippen LogP contribution < -0.4 is 11.1 Å². The second-order valence-electron chi connectivity index (χ2n) is 4.10. The van der Waals surface area contributed by atoms with Crippen LogP contribution in [0.25, 0.3) is 0 Å². The Morgan fingerprint density at radius 1 is 1.38 bits per heavy atom. The van der Waals surface area contributed by atoms with E-state index in [1.807, 2.05) is 6.07 Å². The van der Waals surface area contributed by atoms with Gasteiger partial charge >= 0.3 is 0 Å². The number of thiophene rings is 1. The van der Waals surface area contributed by atoms with E-state index in [4.69, 9.17) is 10.9 Å². The van der Waals surface area contributed by atoms with Crippen LogP contribution in [-0.4, -0.2) is 17.0 Å². The number of nitrogens with zero attached hydrogens (tertiary/aromatic N) is 1. The molecule has 0 aliphatic heterocycles. The van der Waals surface area contributed by atoms with Crippen LogP contribution in [0.4, 0.5) is 0 Å². The lowest BCUT2D eigenvalue weighted by Gasteiger charge is -2.06. The van der Waals surface area contributed by atoms with Gasteiger partial charge in [0.25, 0.3) is 5.91 Å². The number of carbonyl (C=O) groups is 1. The summed E-state index contributed by atoms with van der Waals surface area (Å²) >= 11 is 8.06. The quantitative estimate of drug-likeness (QED) is 0.299. The first-order valence-corrected chi connectivity index (χ1v) is 8.21. The summed E-state index contributed by atoms with van der Waals surface area (Å²) in [6.07, 6.45) is 0.